The number of hydrogen-bond acceptors (Lipinski definition) is 4. The van der Waals surface area contributed by atoms with Gasteiger partial charge in [0.2, 0.25) is 0 Å². The first-order valence-corrected chi connectivity index (χ1v) is 12.2. The standard InChI is InChI=1S/C29H27FN4O3/c30-25-14-8-7-13-23(25)20-34-28(36)24(19-31-29(34)37)27(35)33-17-15-32(16-18-33)26(21-9-3-1-4-10-21)22-11-5-2-6-12-22/h1-14,19,26H,15-18,20H2,(H,31,37). The van der Waals surface area contributed by atoms with Gasteiger partial charge in [0, 0.05) is 37.9 Å². The van der Waals surface area contributed by atoms with Gasteiger partial charge in [-0.15, -0.1) is 0 Å². The van der Waals surface area contributed by atoms with Crippen LogP contribution >= 0.6 is 0 Å². The fourth-order valence-electron chi connectivity index (χ4n) is 4.84. The summed E-state index contributed by atoms with van der Waals surface area (Å²) in [5, 5.41) is 0. The highest BCUT2D eigenvalue weighted by atomic mass is 19.1. The van der Waals surface area contributed by atoms with E-state index >= 15 is 0 Å². The molecule has 0 spiro atoms. The van der Waals surface area contributed by atoms with Crippen molar-refractivity contribution in [1.82, 2.24) is 19.4 Å². The molecule has 1 fully saturated rings. The minimum atomic E-state index is -0.731. The third kappa shape index (κ3) is 5.15. The van der Waals surface area contributed by atoms with Gasteiger partial charge in [0.25, 0.3) is 11.5 Å². The maximum Gasteiger partial charge on any atom is 0.328 e. The summed E-state index contributed by atoms with van der Waals surface area (Å²) >= 11 is 0. The third-order valence-corrected chi connectivity index (χ3v) is 6.77. The van der Waals surface area contributed by atoms with Gasteiger partial charge in [-0.1, -0.05) is 78.9 Å². The first-order chi connectivity index (χ1) is 18.0. The number of carbonyl (C=O) groups is 1. The number of nitrogens with one attached hydrogen (secondary N) is 1. The van der Waals surface area contributed by atoms with E-state index in [1.165, 1.54) is 29.3 Å². The number of H-pyrrole nitrogens is 1. The summed E-state index contributed by atoms with van der Waals surface area (Å²) in [6, 6.07) is 26.5. The van der Waals surface area contributed by atoms with Crippen molar-refractivity contribution in [2.45, 2.75) is 12.6 Å². The molecule has 0 saturated carbocycles. The largest absolute Gasteiger partial charge is 0.336 e. The van der Waals surface area contributed by atoms with Crippen molar-refractivity contribution in [2.75, 3.05) is 26.2 Å². The average Bonchev–Trinajstić information content (AvgIpc) is 2.93. The molecule has 0 radical (unpaired) electrons. The number of halogens is 1. The molecule has 1 N–H and O–H groups in total. The van der Waals surface area contributed by atoms with E-state index in [4.69, 9.17) is 0 Å². The van der Waals surface area contributed by atoms with Gasteiger partial charge in [0.1, 0.15) is 11.4 Å². The van der Waals surface area contributed by atoms with E-state index in [-0.39, 0.29) is 23.7 Å². The molecule has 1 saturated heterocycles. The quantitative estimate of drug-likeness (QED) is 0.443. The Kier molecular flexibility index (Phi) is 7.09. The first-order valence-electron chi connectivity index (χ1n) is 12.2. The highest BCUT2D eigenvalue weighted by Crippen LogP contribution is 2.29. The molecule has 2 heterocycles. The molecular formula is C29H27FN4O3. The SMILES string of the molecule is O=C(c1c[nH]c(=O)n(Cc2ccccc2F)c1=O)N1CCN(C(c2ccccc2)c2ccccc2)CC1. The van der Waals surface area contributed by atoms with Crippen LogP contribution < -0.4 is 11.2 Å². The Balaban J connectivity index is 1.35. The number of aromatic nitrogens is 2. The molecule has 0 atom stereocenters. The number of rotatable bonds is 6. The molecule has 1 amide bonds. The van der Waals surface area contributed by atoms with E-state index in [2.05, 4.69) is 34.1 Å². The summed E-state index contributed by atoms with van der Waals surface area (Å²) in [6.45, 7) is 1.84. The minimum absolute atomic E-state index is 0.0470. The predicted molar refractivity (Wildman–Crippen MR) is 139 cm³/mol. The summed E-state index contributed by atoms with van der Waals surface area (Å²) < 4.78 is 15.0. The molecule has 8 heteroatoms. The van der Waals surface area contributed by atoms with E-state index in [0.29, 0.717) is 26.2 Å². The Labute approximate surface area is 213 Å². The second-order valence-corrected chi connectivity index (χ2v) is 9.04. The summed E-state index contributed by atoms with van der Waals surface area (Å²) in [6.07, 6.45) is 1.16. The molecule has 5 rings (SSSR count). The van der Waals surface area contributed by atoms with Crippen LogP contribution in [-0.2, 0) is 6.54 Å². The van der Waals surface area contributed by atoms with Gasteiger partial charge in [-0.05, 0) is 17.2 Å². The van der Waals surface area contributed by atoms with Crippen LogP contribution in [0.1, 0.15) is 33.1 Å². The molecule has 7 nitrogen and oxygen atoms in total. The van der Waals surface area contributed by atoms with Crippen molar-refractivity contribution < 1.29 is 9.18 Å². The Morgan fingerprint density at radius 1 is 0.811 bits per heavy atom. The highest BCUT2D eigenvalue weighted by molar-refractivity contribution is 5.93. The molecule has 0 bridgehead atoms. The van der Waals surface area contributed by atoms with Crippen molar-refractivity contribution in [3.05, 3.63) is 140 Å². The second-order valence-electron chi connectivity index (χ2n) is 9.04. The molecule has 37 heavy (non-hydrogen) atoms. The Morgan fingerprint density at radius 3 is 1.97 bits per heavy atom. The van der Waals surface area contributed by atoms with E-state index in [1.54, 1.807) is 11.0 Å². The Morgan fingerprint density at radius 2 is 1.38 bits per heavy atom. The predicted octanol–water partition coefficient (Wildman–Crippen LogP) is 3.27. The Bertz CT molecular complexity index is 1450. The summed E-state index contributed by atoms with van der Waals surface area (Å²) in [7, 11) is 0. The number of aromatic amines is 1. The van der Waals surface area contributed by atoms with Crippen molar-refractivity contribution in [2.24, 2.45) is 0 Å². The number of amides is 1. The van der Waals surface area contributed by atoms with Crippen molar-refractivity contribution in [1.29, 1.82) is 0 Å². The highest BCUT2D eigenvalue weighted by Gasteiger charge is 2.30. The lowest BCUT2D eigenvalue weighted by molar-refractivity contribution is 0.0594. The smallest absolute Gasteiger partial charge is 0.328 e. The summed E-state index contributed by atoms with van der Waals surface area (Å²) in [5.41, 5.74) is 0.984. The molecule has 1 aromatic heterocycles. The molecule has 188 valence electrons. The zero-order chi connectivity index (χ0) is 25.8. The Hall–Kier alpha value is -4.30. The minimum Gasteiger partial charge on any atom is -0.336 e. The van der Waals surface area contributed by atoms with Crippen LogP contribution in [0.3, 0.4) is 0 Å². The van der Waals surface area contributed by atoms with Crippen LogP contribution in [0, 0.1) is 5.82 Å². The van der Waals surface area contributed by atoms with Gasteiger partial charge in [0.05, 0.1) is 12.6 Å². The van der Waals surface area contributed by atoms with Crippen LogP contribution in [0.2, 0.25) is 0 Å². The van der Waals surface area contributed by atoms with Crippen LogP contribution in [0.5, 0.6) is 0 Å². The topological polar surface area (TPSA) is 78.4 Å². The number of nitrogens with zero attached hydrogens (tertiary/aromatic N) is 3. The molecule has 0 unspecified atom stereocenters. The monoisotopic (exact) mass is 498 g/mol. The number of piperazine rings is 1. The van der Waals surface area contributed by atoms with Gasteiger partial charge < -0.3 is 9.88 Å². The van der Waals surface area contributed by atoms with Gasteiger partial charge in [-0.25, -0.2) is 9.18 Å². The lowest BCUT2D eigenvalue weighted by Crippen LogP contribution is -2.51. The zero-order valence-electron chi connectivity index (χ0n) is 20.2. The van der Waals surface area contributed by atoms with Crippen molar-refractivity contribution in [3.63, 3.8) is 0 Å². The lowest BCUT2D eigenvalue weighted by Gasteiger charge is -2.39. The van der Waals surface area contributed by atoms with Crippen LogP contribution in [0.4, 0.5) is 4.39 Å². The summed E-state index contributed by atoms with van der Waals surface area (Å²) in [4.78, 5) is 45.2. The molecule has 1 aliphatic heterocycles. The van der Waals surface area contributed by atoms with Gasteiger partial charge in [0.15, 0.2) is 0 Å². The molecule has 1 aliphatic rings. The summed E-state index contributed by atoms with van der Waals surface area (Å²) in [5.74, 6) is -0.966. The van der Waals surface area contributed by atoms with Gasteiger partial charge >= 0.3 is 5.69 Å². The van der Waals surface area contributed by atoms with Gasteiger partial charge in [-0.3, -0.25) is 19.1 Å². The van der Waals surface area contributed by atoms with E-state index < -0.39 is 23.0 Å². The molecule has 0 aliphatic carbocycles. The first kappa shape index (κ1) is 24.4. The second kappa shape index (κ2) is 10.8. The average molecular weight is 499 g/mol. The van der Waals surface area contributed by atoms with Gasteiger partial charge in [-0.2, -0.15) is 0 Å². The molecule has 3 aromatic carbocycles. The fourth-order valence-corrected chi connectivity index (χ4v) is 4.84. The van der Waals surface area contributed by atoms with Crippen molar-refractivity contribution in [3.8, 4) is 0 Å². The normalized spacial score (nSPS) is 14.2. The van der Waals surface area contributed by atoms with Crippen LogP contribution in [-0.4, -0.2) is 51.4 Å². The van der Waals surface area contributed by atoms with E-state index in [0.717, 1.165) is 10.8 Å². The fraction of sp³-hybridized carbons (Fsp3) is 0.207. The zero-order valence-corrected chi connectivity index (χ0v) is 20.2. The number of hydrogen-bond donors (Lipinski definition) is 1. The maximum absolute atomic E-state index is 14.1. The number of benzene rings is 3. The molecule has 4 aromatic rings. The maximum atomic E-state index is 14.1. The van der Waals surface area contributed by atoms with E-state index in [9.17, 15) is 18.8 Å². The van der Waals surface area contributed by atoms with Crippen LogP contribution in [0.15, 0.2) is 101 Å². The number of carbonyl (C=O) groups excluding carboxylic acids is 1. The molecular weight excluding hydrogens is 471 g/mol. The van der Waals surface area contributed by atoms with E-state index in [1.807, 2.05) is 36.4 Å². The lowest BCUT2D eigenvalue weighted by atomic mass is 9.96. The van der Waals surface area contributed by atoms with Crippen LogP contribution in [0.25, 0.3) is 0 Å². The third-order valence-electron chi connectivity index (χ3n) is 6.77. The van der Waals surface area contributed by atoms with Crippen molar-refractivity contribution >= 4 is 5.91 Å².